The highest BCUT2D eigenvalue weighted by Gasteiger charge is 1.98. The molecule has 0 aliphatic rings. The first-order valence-electron chi connectivity index (χ1n) is 3.89. The second-order valence-electron chi connectivity index (χ2n) is 2.47. The van der Waals surface area contributed by atoms with Crippen molar-refractivity contribution in [2.24, 2.45) is 0 Å². The average molecular weight is 196 g/mol. The molecule has 0 unspecified atom stereocenters. The first-order chi connectivity index (χ1) is 6.27. The minimum Gasteiger partial charge on any atom is -0.379 e. The van der Waals surface area contributed by atoms with Crippen LogP contribution in [0.25, 0.3) is 0 Å². The highest BCUT2D eigenvalue weighted by atomic mass is 32.1. The van der Waals surface area contributed by atoms with Crippen molar-refractivity contribution in [1.82, 2.24) is 5.32 Å². The standard InChI is InChI=1S/C9H12N2OS/c1-10-9(13)7-4-3-5-8(6-7)11-12-2/h3-6,11H,1-2H3,(H,10,13). The van der Waals surface area contributed by atoms with Crippen molar-refractivity contribution in [2.75, 3.05) is 19.6 Å². The third-order valence-electron chi connectivity index (χ3n) is 1.57. The molecule has 0 saturated carbocycles. The first kappa shape index (κ1) is 9.95. The molecule has 0 amide bonds. The molecule has 0 aliphatic carbocycles. The molecule has 70 valence electrons. The van der Waals surface area contributed by atoms with Crippen LogP contribution in [0.2, 0.25) is 0 Å². The molecule has 0 saturated heterocycles. The Kier molecular flexibility index (Phi) is 3.67. The molecule has 0 heterocycles. The van der Waals surface area contributed by atoms with Gasteiger partial charge in [-0.15, -0.1) is 0 Å². The minimum absolute atomic E-state index is 0.722. The Hall–Kier alpha value is -1.13. The van der Waals surface area contributed by atoms with Crippen molar-refractivity contribution in [3.63, 3.8) is 0 Å². The number of anilines is 1. The van der Waals surface area contributed by atoms with Crippen LogP contribution in [0.5, 0.6) is 0 Å². The van der Waals surface area contributed by atoms with Crippen LogP contribution in [0.4, 0.5) is 5.69 Å². The molecule has 13 heavy (non-hydrogen) atoms. The zero-order valence-corrected chi connectivity index (χ0v) is 8.44. The molecule has 1 aromatic rings. The van der Waals surface area contributed by atoms with Crippen molar-refractivity contribution in [1.29, 1.82) is 0 Å². The van der Waals surface area contributed by atoms with E-state index in [1.165, 1.54) is 0 Å². The summed E-state index contributed by atoms with van der Waals surface area (Å²) in [7, 11) is 3.38. The summed E-state index contributed by atoms with van der Waals surface area (Å²) in [4.78, 5) is 5.50. The Morgan fingerprint density at radius 1 is 1.46 bits per heavy atom. The van der Waals surface area contributed by atoms with E-state index in [1.807, 2.05) is 24.3 Å². The SMILES string of the molecule is CNC(=S)c1cccc(NOC)c1. The van der Waals surface area contributed by atoms with Crippen LogP contribution in [-0.2, 0) is 4.84 Å². The van der Waals surface area contributed by atoms with E-state index >= 15 is 0 Å². The predicted molar refractivity (Wildman–Crippen MR) is 57.8 cm³/mol. The quantitative estimate of drug-likeness (QED) is 0.567. The fourth-order valence-electron chi connectivity index (χ4n) is 0.986. The van der Waals surface area contributed by atoms with Gasteiger partial charge in [-0.25, -0.2) is 0 Å². The highest BCUT2D eigenvalue weighted by molar-refractivity contribution is 7.80. The van der Waals surface area contributed by atoms with Crippen LogP contribution in [0.15, 0.2) is 24.3 Å². The summed E-state index contributed by atoms with van der Waals surface area (Å²) in [6, 6.07) is 7.69. The fourth-order valence-corrected chi connectivity index (χ4v) is 1.11. The lowest BCUT2D eigenvalue weighted by atomic mass is 10.2. The number of nitrogens with one attached hydrogen (secondary N) is 2. The van der Waals surface area contributed by atoms with E-state index in [-0.39, 0.29) is 0 Å². The Bertz CT molecular complexity index is 301. The summed E-state index contributed by atoms with van der Waals surface area (Å²) < 4.78 is 0. The van der Waals surface area contributed by atoms with Gasteiger partial charge in [-0.2, -0.15) is 0 Å². The second-order valence-corrected chi connectivity index (χ2v) is 2.87. The van der Waals surface area contributed by atoms with Crippen molar-refractivity contribution < 1.29 is 4.84 Å². The van der Waals surface area contributed by atoms with E-state index in [1.54, 1.807) is 14.2 Å². The van der Waals surface area contributed by atoms with Gasteiger partial charge in [0.1, 0.15) is 4.99 Å². The summed E-state index contributed by atoms with van der Waals surface area (Å²) in [5.74, 6) is 0. The van der Waals surface area contributed by atoms with Crippen molar-refractivity contribution in [3.8, 4) is 0 Å². The smallest absolute Gasteiger partial charge is 0.106 e. The summed E-state index contributed by atoms with van der Waals surface area (Å²) in [6.07, 6.45) is 0. The number of hydrogen-bond acceptors (Lipinski definition) is 3. The first-order valence-corrected chi connectivity index (χ1v) is 4.30. The number of rotatable bonds is 3. The number of benzene rings is 1. The summed E-state index contributed by atoms with van der Waals surface area (Å²) in [5.41, 5.74) is 4.60. The molecule has 0 atom stereocenters. The number of thiocarbonyl (C=S) groups is 1. The molecule has 1 aromatic carbocycles. The Morgan fingerprint density at radius 3 is 2.85 bits per heavy atom. The van der Waals surface area contributed by atoms with E-state index in [2.05, 4.69) is 10.8 Å². The molecule has 0 fully saturated rings. The normalized spacial score (nSPS) is 9.38. The van der Waals surface area contributed by atoms with Crippen LogP contribution in [-0.4, -0.2) is 19.1 Å². The van der Waals surface area contributed by atoms with Crippen LogP contribution >= 0.6 is 12.2 Å². The lowest BCUT2D eigenvalue weighted by Gasteiger charge is -2.06. The molecule has 0 aliphatic heterocycles. The van der Waals surface area contributed by atoms with Gasteiger partial charge in [0.05, 0.1) is 12.8 Å². The molecule has 0 radical (unpaired) electrons. The Labute approximate surface area is 83.1 Å². The Balaban J connectivity index is 2.85. The molecule has 2 N–H and O–H groups in total. The van der Waals surface area contributed by atoms with Crippen molar-refractivity contribution >= 4 is 22.9 Å². The molecule has 0 spiro atoms. The van der Waals surface area contributed by atoms with Crippen LogP contribution < -0.4 is 10.8 Å². The molecular weight excluding hydrogens is 184 g/mol. The van der Waals surface area contributed by atoms with E-state index in [0.29, 0.717) is 0 Å². The monoisotopic (exact) mass is 196 g/mol. The summed E-state index contributed by atoms with van der Waals surface area (Å²) >= 11 is 5.09. The molecule has 3 nitrogen and oxygen atoms in total. The second kappa shape index (κ2) is 4.79. The Morgan fingerprint density at radius 2 is 2.23 bits per heavy atom. The van der Waals surface area contributed by atoms with Gasteiger partial charge in [-0.1, -0.05) is 24.4 Å². The predicted octanol–water partition coefficient (Wildman–Crippen LogP) is 1.55. The maximum atomic E-state index is 5.09. The van der Waals surface area contributed by atoms with Gasteiger partial charge in [-0.05, 0) is 12.1 Å². The topological polar surface area (TPSA) is 33.3 Å². The maximum Gasteiger partial charge on any atom is 0.106 e. The van der Waals surface area contributed by atoms with Gasteiger partial charge < -0.3 is 5.32 Å². The van der Waals surface area contributed by atoms with E-state index in [0.717, 1.165) is 16.2 Å². The van der Waals surface area contributed by atoms with Crippen LogP contribution in [0, 0.1) is 0 Å². The molecule has 1 rings (SSSR count). The van der Waals surface area contributed by atoms with Gasteiger partial charge in [0.2, 0.25) is 0 Å². The van der Waals surface area contributed by atoms with Crippen LogP contribution in [0.3, 0.4) is 0 Å². The van der Waals surface area contributed by atoms with Gasteiger partial charge in [0.15, 0.2) is 0 Å². The molecule has 4 heteroatoms. The number of hydrogen-bond donors (Lipinski definition) is 2. The van der Waals surface area contributed by atoms with E-state index in [9.17, 15) is 0 Å². The molecule has 0 bridgehead atoms. The lowest BCUT2D eigenvalue weighted by Crippen LogP contribution is -2.16. The highest BCUT2D eigenvalue weighted by Crippen LogP contribution is 2.10. The summed E-state index contributed by atoms with van der Waals surface area (Å²) in [5, 5.41) is 2.91. The third-order valence-corrected chi connectivity index (χ3v) is 2.01. The molecule has 0 aromatic heterocycles. The van der Waals surface area contributed by atoms with Gasteiger partial charge in [0.25, 0.3) is 0 Å². The summed E-state index contributed by atoms with van der Waals surface area (Å²) in [6.45, 7) is 0. The zero-order valence-electron chi connectivity index (χ0n) is 7.63. The lowest BCUT2D eigenvalue weighted by molar-refractivity contribution is 0.271. The minimum atomic E-state index is 0.722. The van der Waals surface area contributed by atoms with Gasteiger partial charge >= 0.3 is 0 Å². The van der Waals surface area contributed by atoms with Crippen molar-refractivity contribution in [3.05, 3.63) is 29.8 Å². The van der Waals surface area contributed by atoms with Gasteiger partial charge in [0, 0.05) is 12.6 Å². The van der Waals surface area contributed by atoms with E-state index < -0.39 is 0 Å². The van der Waals surface area contributed by atoms with Crippen molar-refractivity contribution in [2.45, 2.75) is 0 Å². The zero-order chi connectivity index (χ0) is 9.68. The fraction of sp³-hybridized carbons (Fsp3) is 0.222. The largest absolute Gasteiger partial charge is 0.379 e. The average Bonchev–Trinajstić information content (AvgIpc) is 2.18. The van der Waals surface area contributed by atoms with E-state index in [4.69, 9.17) is 17.1 Å². The third kappa shape index (κ3) is 2.68. The van der Waals surface area contributed by atoms with Gasteiger partial charge in [-0.3, -0.25) is 10.3 Å². The molecular formula is C9H12N2OS. The maximum absolute atomic E-state index is 5.09. The van der Waals surface area contributed by atoms with Crippen LogP contribution in [0.1, 0.15) is 5.56 Å².